The molecule has 2 heteroatoms. The van der Waals surface area contributed by atoms with Gasteiger partial charge in [0.05, 0.1) is 0 Å². The maximum absolute atomic E-state index is 2.50. The molecule has 0 bridgehead atoms. The van der Waals surface area contributed by atoms with Crippen molar-refractivity contribution in [3.63, 3.8) is 0 Å². The Morgan fingerprint density at radius 1 is 0.302 bits per heavy atom. The van der Waals surface area contributed by atoms with Crippen molar-refractivity contribution >= 4 is 106 Å². The van der Waals surface area contributed by atoms with Gasteiger partial charge < -0.3 is 0 Å². The quantitative estimate of drug-likeness (QED) is 0.156. The maximum Gasteiger partial charge on any atom is 0.0362 e. The molecule has 63 heavy (non-hydrogen) atoms. The van der Waals surface area contributed by atoms with Gasteiger partial charge in [0.1, 0.15) is 0 Å². The van der Waals surface area contributed by atoms with Gasteiger partial charge in [0.2, 0.25) is 0 Å². The molecule has 0 spiro atoms. The van der Waals surface area contributed by atoms with E-state index in [1.54, 1.807) is 0 Å². The maximum atomic E-state index is 2.50. The SMILES string of the molecule is CC1(C)c2cc(-c3ccc4c(c3)sc3ccc5cc6c(cc5c34)sc3ccccc36)ccc2-c2ccc(-c3c4ccccc4c(-c4cccc5ccccc45)c4ccccc34)cc21. The number of rotatable bonds is 3. The number of hydrogen-bond donors (Lipinski definition) is 0. The summed E-state index contributed by atoms with van der Waals surface area (Å²) in [7, 11) is 0. The Labute approximate surface area is 372 Å². The summed E-state index contributed by atoms with van der Waals surface area (Å²) in [5, 5.41) is 15.8. The molecule has 14 rings (SSSR count). The van der Waals surface area contributed by atoms with E-state index in [-0.39, 0.29) is 5.41 Å². The summed E-state index contributed by atoms with van der Waals surface area (Å²) in [6, 6.07) is 73.5. The van der Waals surface area contributed by atoms with Gasteiger partial charge in [-0.15, -0.1) is 22.7 Å². The van der Waals surface area contributed by atoms with Crippen molar-refractivity contribution in [1.82, 2.24) is 0 Å². The molecule has 0 saturated heterocycles. The van der Waals surface area contributed by atoms with E-state index in [0.29, 0.717) is 0 Å². The van der Waals surface area contributed by atoms with Gasteiger partial charge in [-0.2, -0.15) is 0 Å². The minimum Gasteiger partial charge on any atom is -0.135 e. The fourth-order valence-electron chi connectivity index (χ4n) is 11.2. The minimum absolute atomic E-state index is 0.177. The lowest BCUT2D eigenvalue weighted by Crippen LogP contribution is -2.15. The molecule has 0 unspecified atom stereocenters. The van der Waals surface area contributed by atoms with Crippen molar-refractivity contribution in [2.45, 2.75) is 19.3 Å². The van der Waals surface area contributed by atoms with Crippen molar-refractivity contribution < 1.29 is 0 Å². The summed E-state index contributed by atoms with van der Waals surface area (Å²) in [6.07, 6.45) is 0. The molecular formula is C61H38S2. The lowest BCUT2D eigenvalue weighted by molar-refractivity contribution is 0.661. The van der Waals surface area contributed by atoms with Gasteiger partial charge in [0.25, 0.3) is 0 Å². The van der Waals surface area contributed by atoms with Gasteiger partial charge >= 0.3 is 0 Å². The average Bonchev–Trinajstić information content (AvgIpc) is 3.96. The molecular weight excluding hydrogens is 797 g/mol. The van der Waals surface area contributed by atoms with Gasteiger partial charge in [-0.05, 0) is 141 Å². The third-order valence-electron chi connectivity index (χ3n) is 14.2. The van der Waals surface area contributed by atoms with Crippen LogP contribution in [-0.4, -0.2) is 0 Å². The predicted octanol–water partition coefficient (Wildman–Crippen LogP) is 18.3. The van der Waals surface area contributed by atoms with Crippen LogP contribution in [0.4, 0.5) is 0 Å². The normalized spacial score (nSPS) is 13.4. The standard InChI is InChI=1S/C61H38S2/c1-61(2)52-31-36(37-23-28-49-56(33-37)63-55-29-25-38-30-51-43-15-9-10-21-54(43)62-57(51)34-50(38)60(49)55)22-26-41(52)42-27-24-39(32-53(42)61)58-45-16-5-7-18-47(45)59(48-19-8-6-17-46(48)58)44-20-11-13-35-12-3-4-14-40(35)44/h3-34H,1-2H3. The van der Waals surface area contributed by atoms with Gasteiger partial charge in [0.15, 0.2) is 0 Å². The molecule has 0 atom stereocenters. The van der Waals surface area contributed by atoms with Gasteiger partial charge in [0, 0.05) is 45.8 Å². The fraction of sp³-hybridized carbons (Fsp3) is 0.0492. The second-order valence-corrected chi connectivity index (χ2v) is 20.1. The van der Waals surface area contributed by atoms with Crippen LogP contribution in [0, 0.1) is 0 Å². The summed E-state index contributed by atoms with van der Waals surface area (Å²) in [5.74, 6) is 0. The van der Waals surface area contributed by atoms with Crippen LogP contribution in [-0.2, 0) is 5.41 Å². The zero-order valence-corrected chi connectivity index (χ0v) is 36.4. The second-order valence-electron chi connectivity index (χ2n) is 17.9. The van der Waals surface area contributed by atoms with E-state index in [1.807, 2.05) is 22.7 Å². The van der Waals surface area contributed by atoms with Crippen molar-refractivity contribution in [2.24, 2.45) is 0 Å². The molecule has 0 nitrogen and oxygen atoms in total. The molecule has 0 radical (unpaired) electrons. The van der Waals surface area contributed by atoms with E-state index in [2.05, 4.69) is 208 Å². The Kier molecular flexibility index (Phi) is 7.31. The van der Waals surface area contributed by atoms with E-state index >= 15 is 0 Å². The topological polar surface area (TPSA) is 0 Å². The number of hydrogen-bond acceptors (Lipinski definition) is 2. The van der Waals surface area contributed by atoms with E-state index in [1.165, 1.54) is 139 Å². The third-order valence-corrected chi connectivity index (χ3v) is 16.5. The Morgan fingerprint density at radius 3 is 1.63 bits per heavy atom. The summed E-state index contributed by atoms with van der Waals surface area (Å²) >= 11 is 3.82. The Balaban J connectivity index is 0.881. The Bertz CT molecular complexity index is 4060. The number of benzene rings is 11. The average molecular weight is 835 g/mol. The first-order valence-corrected chi connectivity index (χ1v) is 23.5. The number of fused-ring (bicyclic) bond motifs is 14. The first-order chi connectivity index (χ1) is 31.0. The first kappa shape index (κ1) is 35.5. The van der Waals surface area contributed by atoms with Crippen LogP contribution in [0.15, 0.2) is 194 Å². The zero-order valence-electron chi connectivity index (χ0n) is 34.8. The fourth-order valence-corrected chi connectivity index (χ4v) is 13.5. The molecule has 13 aromatic rings. The number of thiophene rings is 2. The highest BCUT2D eigenvalue weighted by molar-refractivity contribution is 7.26. The molecule has 0 fully saturated rings. The predicted molar refractivity (Wildman–Crippen MR) is 276 cm³/mol. The highest BCUT2D eigenvalue weighted by atomic mass is 32.1. The van der Waals surface area contributed by atoms with E-state index in [0.717, 1.165) is 0 Å². The summed E-state index contributed by atoms with van der Waals surface area (Å²) in [4.78, 5) is 0. The zero-order chi connectivity index (χ0) is 41.6. The monoisotopic (exact) mass is 834 g/mol. The van der Waals surface area contributed by atoms with Gasteiger partial charge in [-0.25, -0.2) is 0 Å². The molecule has 1 aliphatic rings. The van der Waals surface area contributed by atoms with E-state index in [4.69, 9.17) is 0 Å². The lowest BCUT2D eigenvalue weighted by Gasteiger charge is -2.23. The van der Waals surface area contributed by atoms with Crippen LogP contribution in [0.25, 0.3) is 128 Å². The van der Waals surface area contributed by atoms with Crippen LogP contribution in [0.1, 0.15) is 25.0 Å². The molecule has 0 N–H and O–H groups in total. The molecule has 2 aromatic heterocycles. The Morgan fingerprint density at radius 2 is 0.873 bits per heavy atom. The van der Waals surface area contributed by atoms with Crippen LogP contribution in [0.2, 0.25) is 0 Å². The molecule has 0 aliphatic heterocycles. The summed E-state index contributed by atoms with van der Waals surface area (Å²) < 4.78 is 5.40. The highest BCUT2D eigenvalue weighted by Gasteiger charge is 2.36. The molecule has 0 saturated carbocycles. The van der Waals surface area contributed by atoms with Crippen molar-refractivity contribution in [1.29, 1.82) is 0 Å². The molecule has 2 heterocycles. The molecule has 1 aliphatic carbocycles. The smallest absolute Gasteiger partial charge is 0.0362 e. The minimum atomic E-state index is -0.177. The van der Waals surface area contributed by atoms with E-state index in [9.17, 15) is 0 Å². The molecule has 294 valence electrons. The Hall–Kier alpha value is -7.10. The second kappa shape index (κ2) is 13.0. The van der Waals surface area contributed by atoms with Gasteiger partial charge in [-0.3, -0.25) is 0 Å². The van der Waals surface area contributed by atoms with Crippen LogP contribution < -0.4 is 0 Å². The van der Waals surface area contributed by atoms with Gasteiger partial charge in [-0.1, -0.05) is 166 Å². The van der Waals surface area contributed by atoms with Crippen molar-refractivity contribution in [3.8, 4) is 44.5 Å². The lowest BCUT2D eigenvalue weighted by atomic mass is 9.80. The molecule has 0 amide bonds. The molecule has 11 aromatic carbocycles. The summed E-state index contributed by atoms with van der Waals surface area (Å²) in [5.41, 5.74) is 13.0. The third kappa shape index (κ3) is 5.02. The first-order valence-electron chi connectivity index (χ1n) is 21.9. The van der Waals surface area contributed by atoms with E-state index < -0.39 is 0 Å². The highest BCUT2D eigenvalue weighted by Crippen LogP contribution is 2.53. The summed E-state index contributed by atoms with van der Waals surface area (Å²) in [6.45, 7) is 4.83. The van der Waals surface area contributed by atoms with Crippen molar-refractivity contribution in [3.05, 3.63) is 205 Å². The van der Waals surface area contributed by atoms with Crippen LogP contribution >= 0.6 is 22.7 Å². The van der Waals surface area contributed by atoms with Crippen LogP contribution in [0.5, 0.6) is 0 Å². The van der Waals surface area contributed by atoms with Crippen LogP contribution in [0.3, 0.4) is 0 Å². The van der Waals surface area contributed by atoms with Crippen molar-refractivity contribution in [2.75, 3.05) is 0 Å². The largest absolute Gasteiger partial charge is 0.135 e.